The van der Waals surface area contributed by atoms with E-state index >= 15 is 0 Å². The minimum Gasteiger partial charge on any atom is -0.386 e. The van der Waals surface area contributed by atoms with Crippen molar-refractivity contribution >= 4 is 11.4 Å². The van der Waals surface area contributed by atoms with E-state index in [-0.39, 0.29) is 12.1 Å². The fourth-order valence-electron chi connectivity index (χ4n) is 4.92. The third-order valence-corrected chi connectivity index (χ3v) is 6.32. The molecule has 0 radical (unpaired) electrons. The zero-order chi connectivity index (χ0) is 17.0. The van der Waals surface area contributed by atoms with Gasteiger partial charge in [0.2, 0.25) is 0 Å². The second kappa shape index (κ2) is 5.76. The molecule has 25 heavy (non-hydrogen) atoms. The summed E-state index contributed by atoms with van der Waals surface area (Å²) in [5.74, 6) is 0. The quantitative estimate of drug-likeness (QED) is 0.532. The lowest BCUT2D eigenvalue weighted by molar-refractivity contribution is -0.0810. The number of rotatable bonds is 0. The summed E-state index contributed by atoms with van der Waals surface area (Å²) < 4.78 is 0. The van der Waals surface area contributed by atoms with Crippen molar-refractivity contribution in [3.05, 3.63) is 23.5 Å². The van der Waals surface area contributed by atoms with E-state index in [1.807, 2.05) is 0 Å². The first kappa shape index (κ1) is 15.7. The van der Waals surface area contributed by atoms with Gasteiger partial charge in [-0.3, -0.25) is 9.98 Å². The first-order valence-corrected chi connectivity index (χ1v) is 9.59. The molecule has 0 aromatic heterocycles. The van der Waals surface area contributed by atoms with Crippen molar-refractivity contribution in [2.45, 2.75) is 81.3 Å². The number of hydrogen-bond donors (Lipinski definition) is 4. The molecule has 0 spiro atoms. The predicted molar refractivity (Wildman–Crippen MR) is 96.6 cm³/mol. The molecule has 2 fully saturated rings. The van der Waals surface area contributed by atoms with Crippen molar-refractivity contribution < 1.29 is 10.2 Å². The van der Waals surface area contributed by atoms with Crippen LogP contribution in [0.25, 0.3) is 0 Å². The topological polar surface area (TPSA) is 89.2 Å². The molecule has 5 aliphatic rings. The SMILES string of the molecule is OC1C2CCC(N2)C2CCC(=N2)C=C2CCC(=CC3=NC1(O)CC3)N2. The average Bonchev–Trinajstić information content (AvgIpc) is 3.35. The molecule has 134 valence electrons. The molecule has 6 heteroatoms. The van der Waals surface area contributed by atoms with Gasteiger partial charge >= 0.3 is 0 Å². The summed E-state index contributed by atoms with van der Waals surface area (Å²) in [5.41, 5.74) is 3.08. The molecule has 2 saturated heterocycles. The summed E-state index contributed by atoms with van der Waals surface area (Å²) in [5, 5.41) is 28.7. The van der Waals surface area contributed by atoms with Crippen LogP contribution in [0.15, 0.2) is 33.5 Å². The van der Waals surface area contributed by atoms with Crippen LogP contribution in [0.4, 0.5) is 0 Å². The van der Waals surface area contributed by atoms with E-state index in [0.717, 1.165) is 49.9 Å². The van der Waals surface area contributed by atoms with E-state index in [2.05, 4.69) is 27.8 Å². The molecule has 8 bridgehead atoms. The minimum absolute atomic E-state index is 0.108. The van der Waals surface area contributed by atoms with Crippen molar-refractivity contribution in [3.63, 3.8) is 0 Å². The maximum absolute atomic E-state index is 10.9. The molecule has 0 aromatic rings. The molecule has 6 nitrogen and oxygen atoms in total. The van der Waals surface area contributed by atoms with Crippen LogP contribution in [0.5, 0.6) is 0 Å². The summed E-state index contributed by atoms with van der Waals surface area (Å²) in [6.45, 7) is 0. The van der Waals surface area contributed by atoms with Crippen LogP contribution < -0.4 is 10.6 Å². The summed E-state index contributed by atoms with van der Waals surface area (Å²) >= 11 is 0. The molecule has 0 aromatic carbocycles. The smallest absolute Gasteiger partial charge is 0.184 e. The average molecular weight is 342 g/mol. The Bertz CT molecular complexity index is 710. The number of fused-ring (bicyclic) bond motifs is 7. The maximum Gasteiger partial charge on any atom is 0.184 e. The Labute approximate surface area is 147 Å². The summed E-state index contributed by atoms with van der Waals surface area (Å²) in [6, 6.07) is 0.463. The molecule has 0 aliphatic carbocycles. The Morgan fingerprint density at radius 2 is 1.72 bits per heavy atom. The number of allylic oxidation sites excluding steroid dienone is 4. The highest BCUT2D eigenvalue weighted by molar-refractivity contribution is 5.98. The number of nitrogens with zero attached hydrogens (tertiary/aromatic N) is 2. The van der Waals surface area contributed by atoms with E-state index in [1.165, 1.54) is 11.4 Å². The first-order valence-electron chi connectivity index (χ1n) is 9.59. The molecule has 4 N–H and O–H groups in total. The van der Waals surface area contributed by atoms with Gasteiger partial charge in [-0.15, -0.1) is 0 Å². The molecule has 5 aliphatic heterocycles. The first-order chi connectivity index (χ1) is 12.1. The van der Waals surface area contributed by atoms with Crippen molar-refractivity contribution in [2.24, 2.45) is 9.98 Å². The number of aliphatic imine (C=N–C) groups is 2. The van der Waals surface area contributed by atoms with E-state index < -0.39 is 11.8 Å². The highest BCUT2D eigenvalue weighted by atomic mass is 16.4. The molecular weight excluding hydrogens is 316 g/mol. The number of nitrogens with one attached hydrogen (secondary N) is 2. The van der Waals surface area contributed by atoms with Gasteiger partial charge in [0.1, 0.15) is 6.10 Å². The summed E-state index contributed by atoms with van der Waals surface area (Å²) in [4.78, 5) is 9.44. The fourth-order valence-corrected chi connectivity index (χ4v) is 4.92. The van der Waals surface area contributed by atoms with Crippen molar-refractivity contribution in [2.75, 3.05) is 0 Å². The van der Waals surface area contributed by atoms with Crippen molar-refractivity contribution in [3.8, 4) is 0 Å². The van der Waals surface area contributed by atoms with E-state index in [4.69, 9.17) is 4.99 Å². The number of aliphatic hydroxyl groups is 2. The van der Waals surface area contributed by atoms with Crippen LogP contribution in [-0.2, 0) is 0 Å². The molecule has 0 saturated carbocycles. The van der Waals surface area contributed by atoms with Gasteiger partial charge in [0.15, 0.2) is 5.72 Å². The summed E-state index contributed by atoms with van der Waals surface area (Å²) in [7, 11) is 0. The number of hydrogen-bond acceptors (Lipinski definition) is 6. The van der Waals surface area contributed by atoms with E-state index in [0.29, 0.717) is 18.9 Å². The van der Waals surface area contributed by atoms with E-state index in [9.17, 15) is 10.2 Å². The van der Waals surface area contributed by atoms with Gasteiger partial charge in [-0.2, -0.15) is 0 Å². The zero-order valence-corrected chi connectivity index (χ0v) is 14.4. The monoisotopic (exact) mass is 342 g/mol. The predicted octanol–water partition coefficient (Wildman–Crippen LogP) is 1.16. The molecular formula is C19H26N4O2. The summed E-state index contributed by atoms with van der Waals surface area (Å²) in [6.07, 6.45) is 10.5. The lowest BCUT2D eigenvalue weighted by Crippen LogP contribution is -2.52. The lowest BCUT2D eigenvalue weighted by Gasteiger charge is -2.31. The standard InChI is InChI=1S/C19H26N4O2/c24-18-17-6-5-16(22-17)15-4-3-13(21-15)9-11-1-2-12(20-11)10-14-7-8-19(18,25)23-14/h9-10,15-18,20,22,24-25H,1-8H2. The van der Waals surface area contributed by atoms with Gasteiger partial charge in [0.05, 0.1) is 6.04 Å². The van der Waals surface area contributed by atoms with Gasteiger partial charge in [-0.05, 0) is 57.1 Å². The van der Waals surface area contributed by atoms with Crippen LogP contribution in [0.3, 0.4) is 0 Å². The molecule has 5 unspecified atom stereocenters. The minimum atomic E-state index is -1.36. The number of aliphatic hydroxyl groups excluding tert-OH is 1. The van der Waals surface area contributed by atoms with Crippen LogP contribution in [0, 0.1) is 0 Å². The normalized spacial score (nSPS) is 42.8. The van der Waals surface area contributed by atoms with E-state index in [1.54, 1.807) is 0 Å². The third kappa shape index (κ3) is 2.76. The Morgan fingerprint density at radius 1 is 0.960 bits per heavy atom. The Balaban J connectivity index is 1.52. The van der Waals surface area contributed by atoms with Crippen LogP contribution >= 0.6 is 0 Å². The second-order valence-corrected chi connectivity index (χ2v) is 8.07. The molecule has 5 heterocycles. The lowest BCUT2D eigenvalue weighted by atomic mass is 9.96. The van der Waals surface area contributed by atoms with Crippen LogP contribution in [0.2, 0.25) is 0 Å². The maximum atomic E-state index is 10.9. The largest absolute Gasteiger partial charge is 0.386 e. The molecule has 5 rings (SSSR count). The highest BCUT2D eigenvalue weighted by Crippen LogP contribution is 2.34. The highest BCUT2D eigenvalue weighted by Gasteiger charge is 2.46. The van der Waals surface area contributed by atoms with Crippen LogP contribution in [0.1, 0.15) is 51.4 Å². The molecule has 5 atom stereocenters. The van der Waals surface area contributed by atoms with Gasteiger partial charge in [0.25, 0.3) is 0 Å². The second-order valence-electron chi connectivity index (χ2n) is 8.07. The van der Waals surface area contributed by atoms with Gasteiger partial charge < -0.3 is 20.8 Å². The van der Waals surface area contributed by atoms with Crippen LogP contribution in [-0.4, -0.2) is 51.6 Å². The van der Waals surface area contributed by atoms with Crippen molar-refractivity contribution in [1.82, 2.24) is 10.6 Å². The fraction of sp³-hybridized carbons (Fsp3) is 0.684. The third-order valence-electron chi connectivity index (χ3n) is 6.32. The van der Waals surface area contributed by atoms with Gasteiger partial charge in [-0.1, -0.05) is 0 Å². The Kier molecular flexibility index (Phi) is 3.62. The zero-order valence-electron chi connectivity index (χ0n) is 14.4. The Morgan fingerprint density at radius 3 is 2.56 bits per heavy atom. The van der Waals surface area contributed by atoms with Crippen molar-refractivity contribution in [1.29, 1.82) is 0 Å². The van der Waals surface area contributed by atoms with Gasteiger partial charge in [-0.25, -0.2) is 0 Å². The molecule has 0 amide bonds. The Hall–Kier alpha value is -1.50. The van der Waals surface area contributed by atoms with Gasteiger partial charge in [0, 0.05) is 41.3 Å².